The summed E-state index contributed by atoms with van der Waals surface area (Å²) >= 11 is 7.89. The van der Waals surface area contributed by atoms with Gasteiger partial charge in [-0.25, -0.2) is 0 Å². The first-order chi connectivity index (χ1) is 10.7. The van der Waals surface area contributed by atoms with Gasteiger partial charge in [-0.1, -0.05) is 43.0 Å². The fourth-order valence-corrected chi connectivity index (χ4v) is 5.33. The molecule has 1 aromatic heterocycles. The Hall–Kier alpha value is -1.13. The maximum absolute atomic E-state index is 12.8. The molecule has 0 bridgehead atoms. The standard InChI is InChI=1S/C17H19ClN2OS/c18-13-6-4-5-12-9-14(19-15(12)13)16(21)20-10-17(11-22-20)7-2-1-3-8-17/h4-6,9,19H,1-3,7-8,10-11H2. The molecule has 2 heterocycles. The highest BCUT2D eigenvalue weighted by atomic mass is 35.5. The maximum Gasteiger partial charge on any atom is 0.280 e. The van der Waals surface area contributed by atoms with Crippen molar-refractivity contribution in [1.82, 2.24) is 9.29 Å². The zero-order valence-electron chi connectivity index (χ0n) is 12.4. The SMILES string of the molecule is O=C(c1cc2cccc(Cl)c2[nH]1)N1CC2(CCCCC2)CS1. The van der Waals surface area contributed by atoms with Crippen LogP contribution in [-0.2, 0) is 0 Å². The van der Waals surface area contributed by atoms with E-state index in [2.05, 4.69) is 4.98 Å². The van der Waals surface area contributed by atoms with Crippen LogP contribution >= 0.6 is 23.5 Å². The number of H-pyrrole nitrogens is 1. The van der Waals surface area contributed by atoms with Gasteiger partial charge in [0.2, 0.25) is 0 Å². The largest absolute Gasteiger partial charge is 0.349 e. The zero-order chi connectivity index (χ0) is 15.2. The topological polar surface area (TPSA) is 36.1 Å². The number of hydrogen-bond donors (Lipinski definition) is 1. The molecule has 1 N–H and O–H groups in total. The number of nitrogens with one attached hydrogen (secondary N) is 1. The Balaban J connectivity index is 1.57. The van der Waals surface area contributed by atoms with Gasteiger partial charge in [0, 0.05) is 17.7 Å². The number of amides is 1. The number of carbonyl (C=O) groups excluding carboxylic acids is 1. The Morgan fingerprint density at radius 1 is 1.27 bits per heavy atom. The molecule has 1 amide bonds. The molecular formula is C17H19ClN2OS. The summed E-state index contributed by atoms with van der Waals surface area (Å²) in [5.41, 5.74) is 1.86. The second-order valence-electron chi connectivity index (χ2n) is 6.56. The van der Waals surface area contributed by atoms with Crippen LogP contribution in [0.4, 0.5) is 0 Å². The molecule has 2 fully saturated rings. The zero-order valence-corrected chi connectivity index (χ0v) is 14.0. The molecule has 1 saturated carbocycles. The van der Waals surface area contributed by atoms with Gasteiger partial charge in [0.25, 0.3) is 5.91 Å². The van der Waals surface area contributed by atoms with E-state index in [-0.39, 0.29) is 5.91 Å². The summed E-state index contributed by atoms with van der Waals surface area (Å²) in [6, 6.07) is 7.65. The third-order valence-corrected chi connectivity index (χ3v) is 6.65. The lowest BCUT2D eigenvalue weighted by Gasteiger charge is -2.32. The molecular weight excluding hydrogens is 316 g/mol. The van der Waals surface area contributed by atoms with Crippen molar-refractivity contribution >= 4 is 40.4 Å². The molecule has 0 unspecified atom stereocenters. The Morgan fingerprint density at radius 3 is 2.86 bits per heavy atom. The number of aromatic nitrogens is 1. The first kappa shape index (κ1) is 14.5. The second kappa shape index (κ2) is 5.50. The van der Waals surface area contributed by atoms with Gasteiger partial charge in [-0.05, 0) is 42.3 Å². The highest BCUT2D eigenvalue weighted by Gasteiger charge is 2.41. The average molecular weight is 335 g/mol. The van der Waals surface area contributed by atoms with Gasteiger partial charge in [0.15, 0.2) is 0 Å². The van der Waals surface area contributed by atoms with E-state index in [1.807, 2.05) is 28.6 Å². The van der Waals surface area contributed by atoms with Gasteiger partial charge in [0.1, 0.15) is 5.69 Å². The van der Waals surface area contributed by atoms with Crippen molar-refractivity contribution in [3.8, 4) is 0 Å². The van der Waals surface area contributed by atoms with Crippen LogP contribution in [0.2, 0.25) is 5.02 Å². The van der Waals surface area contributed by atoms with Crippen molar-refractivity contribution in [2.75, 3.05) is 12.3 Å². The molecule has 1 aliphatic carbocycles. The lowest BCUT2D eigenvalue weighted by atomic mass is 9.75. The summed E-state index contributed by atoms with van der Waals surface area (Å²) in [5, 5.41) is 1.65. The number of halogens is 1. The minimum atomic E-state index is 0.0831. The summed E-state index contributed by atoms with van der Waals surface area (Å²) in [6.45, 7) is 0.888. The number of hydrogen-bond acceptors (Lipinski definition) is 2. The predicted molar refractivity (Wildman–Crippen MR) is 92.3 cm³/mol. The van der Waals surface area contributed by atoms with Gasteiger partial charge < -0.3 is 4.98 Å². The van der Waals surface area contributed by atoms with Crippen LogP contribution in [-0.4, -0.2) is 27.5 Å². The fraction of sp³-hybridized carbons (Fsp3) is 0.471. The van der Waals surface area contributed by atoms with Crippen LogP contribution in [0, 0.1) is 5.41 Å². The van der Waals surface area contributed by atoms with Gasteiger partial charge in [0.05, 0.1) is 10.5 Å². The summed E-state index contributed by atoms with van der Waals surface area (Å²) in [4.78, 5) is 16.0. The van der Waals surface area contributed by atoms with E-state index in [0.29, 0.717) is 16.1 Å². The number of nitrogens with zero attached hydrogens (tertiary/aromatic N) is 1. The highest BCUT2D eigenvalue weighted by Crippen LogP contribution is 2.46. The second-order valence-corrected chi connectivity index (χ2v) is 7.96. The van der Waals surface area contributed by atoms with Gasteiger partial charge in [-0.3, -0.25) is 9.10 Å². The molecule has 116 valence electrons. The maximum atomic E-state index is 12.8. The first-order valence-corrected chi connectivity index (χ1v) is 9.21. The molecule has 3 nitrogen and oxygen atoms in total. The van der Waals surface area contributed by atoms with Crippen LogP contribution in [0.5, 0.6) is 0 Å². The third kappa shape index (κ3) is 2.42. The van der Waals surface area contributed by atoms with Crippen LogP contribution in [0.1, 0.15) is 42.6 Å². The van der Waals surface area contributed by atoms with Crippen LogP contribution < -0.4 is 0 Å². The molecule has 1 aliphatic heterocycles. The molecule has 1 saturated heterocycles. The van der Waals surface area contributed by atoms with E-state index in [1.165, 1.54) is 32.1 Å². The van der Waals surface area contributed by atoms with Gasteiger partial charge in [-0.15, -0.1) is 0 Å². The first-order valence-electron chi connectivity index (χ1n) is 7.89. The van der Waals surface area contributed by atoms with E-state index >= 15 is 0 Å². The predicted octanol–water partition coefficient (Wildman–Crippen LogP) is 4.88. The Bertz CT molecular complexity index is 721. The third-order valence-electron chi connectivity index (χ3n) is 4.98. The van der Waals surface area contributed by atoms with Crippen molar-refractivity contribution in [2.24, 2.45) is 5.41 Å². The van der Waals surface area contributed by atoms with E-state index in [1.54, 1.807) is 11.9 Å². The number of carbonyl (C=O) groups is 1. The molecule has 0 atom stereocenters. The molecule has 2 aromatic rings. The summed E-state index contributed by atoms with van der Waals surface area (Å²) in [5.74, 6) is 1.17. The van der Waals surface area contributed by atoms with E-state index in [4.69, 9.17) is 11.6 Å². The number of para-hydroxylation sites is 1. The molecule has 22 heavy (non-hydrogen) atoms. The summed E-state index contributed by atoms with van der Waals surface area (Å²) in [7, 11) is 0. The van der Waals surface area contributed by atoms with Crippen molar-refractivity contribution in [2.45, 2.75) is 32.1 Å². The Labute approximate surface area is 139 Å². The molecule has 0 radical (unpaired) electrons. The minimum absolute atomic E-state index is 0.0831. The van der Waals surface area contributed by atoms with E-state index in [0.717, 1.165) is 23.2 Å². The Kier molecular flexibility index (Phi) is 3.61. The highest BCUT2D eigenvalue weighted by molar-refractivity contribution is 7.97. The van der Waals surface area contributed by atoms with Crippen LogP contribution in [0.3, 0.4) is 0 Å². The normalized spacial score (nSPS) is 20.9. The molecule has 2 aliphatic rings. The number of rotatable bonds is 1. The fourth-order valence-electron chi connectivity index (χ4n) is 3.71. The van der Waals surface area contributed by atoms with Crippen LogP contribution in [0.15, 0.2) is 24.3 Å². The summed E-state index contributed by atoms with van der Waals surface area (Å²) in [6.07, 6.45) is 6.50. The lowest BCUT2D eigenvalue weighted by molar-refractivity contribution is 0.0827. The number of fused-ring (bicyclic) bond motifs is 1. The molecule has 5 heteroatoms. The minimum Gasteiger partial charge on any atom is -0.349 e. The van der Waals surface area contributed by atoms with Crippen molar-refractivity contribution in [3.05, 3.63) is 35.0 Å². The quantitative estimate of drug-likeness (QED) is 0.755. The molecule has 1 spiro atoms. The lowest BCUT2D eigenvalue weighted by Crippen LogP contribution is -2.32. The monoisotopic (exact) mass is 334 g/mol. The Morgan fingerprint density at radius 2 is 2.09 bits per heavy atom. The van der Waals surface area contributed by atoms with Crippen molar-refractivity contribution in [3.63, 3.8) is 0 Å². The van der Waals surface area contributed by atoms with Crippen LogP contribution in [0.25, 0.3) is 10.9 Å². The van der Waals surface area contributed by atoms with E-state index < -0.39 is 0 Å². The molecule has 4 rings (SSSR count). The average Bonchev–Trinajstić information content (AvgIpc) is 3.13. The van der Waals surface area contributed by atoms with Crippen molar-refractivity contribution in [1.29, 1.82) is 0 Å². The van der Waals surface area contributed by atoms with Crippen molar-refractivity contribution < 1.29 is 4.79 Å². The van der Waals surface area contributed by atoms with E-state index in [9.17, 15) is 4.79 Å². The van der Waals surface area contributed by atoms with Gasteiger partial charge >= 0.3 is 0 Å². The smallest absolute Gasteiger partial charge is 0.280 e. The molecule has 1 aromatic carbocycles. The number of benzene rings is 1. The number of aromatic amines is 1. The van der Waals surface area contributed by atoms with Gasteiger partial charge in [-0.2, -0.15) is 0 Å². The summed E-state index contributed by atoms with van der Waals surface area (Å²) < 4.78 is 1.95.